The molecule has 0 aliphatic heterocycles. The van der Waals surface area contributed by atoms with Crippen LogP contribution in [-0.2, 0) is 6.61 Å². The molecule has 1 aromatic heterocycles. The molecule has 1 fully saturated rings. The van der Waals surface area contributed by atoms with E-state index in [0.29, 0.717) is 17.9 Å². The predicted molar refractivity (Wildman–Crippen MR) is 77.3 cm³/mol. The van der Waals surface area contributed by atoms with Crippen LogP contribution in [0.15, 0.2) is 0 Å². The van der Waals surface area contributed by atoms with Gasteiger partial charge in [0.15, 0.2) is 5.13 Å². The second kappa shape index (κ2) is 5.57. The number of hydrogen-bond acceptors (Lipinski definition) is 4. The van der Waals surface area contributed by atoms with Gasteiger partial charge in [0.2, 0.25) is 0 Å². The van der Waals surface area contributed by atoms with Crippen molar-refractivity contribution in [3.63, 3.8) is 0 Å². The van der Waals surface area contributed by atoms with Gasteiger partial charge in [-0.3, -0.25) is 0 Å². The van der Waals surface area contributed by atoms with E-state index in [4.69, 9.17) is 4.98 Å². The number of rotatable bonds is 6. The third kappa shape index (κ3) is 3.04. The predicted octanol–water partition coefficient (Wildman–Crippen LogP) is 3.38. The average molecular weight is 268 g/mol. The van der Waals surface area contributed by atoms with Crippen LogP contribution >= 0.6 is 11.3 Å². The number of hydrogen-bond donors (Lipinski definition) is 1. The molecule has 2 rings (SSSR count). The fourth-order valence-corrected chi connectivity index (χ4v) is 3.39. The van der Waals surface area contributed by atoms with Gasteiger partial charge in [0, 0.05) is 19.0 Å². The smallest absolute Gasteiger partial charge is 0.185 e. The van der Waals surface area contributed by atoms with Gasteiger partial charge in [-0.25, -0.2) is 4.98 Å². The molecular weight excluding hydrogens is 244 g/mol. The van der Waals surface area contributed by atoms with E-state index in [2.05, 4.69) is 32.7 Å². The lowest BCUT2D eigenvalue weighted by molar-refractivity contribution is 0.284. The van der Waals surface area contributed by atoms with Crippen LogP contribution in [0.25, 0.3) is 0 Å². The summed E-state index contributed by atoms with van der Waals surface area (Å²) in [5.41, 5.74) is 1.15. The zero-order chi connectivity index (χ0) is 13.3. The summed E-state index contributed by atoms with van der Waals surface area (Å²) in [6.45, 7) is 6.88. The molecule has 1 aliphatic rings. The van der Waals surface area contributed by atoms with Gasteiger partial charge in [0.25, 0.3) is 0 Å². The van der Waals surface area contributed by atoms with E-state index in [1.165, 1.54) is 19.3 Å². The minimum atomic E-state index is 0.135. The fourth-order valence-electron chi connectivity index (χ4n) is 2.32. The fraction of sp³-hybridized carbons (Fsp3) is 0.786. The summed E-state index contributed by atoms with van der Waals surface area (Å²) < 4.78 is 0. The van der Waals surface area contributed by atoms with Crippen molar-refractivity contribution in [2.24, 2.45) is 5.92 Å². The number of nitrogens with zero attached hydrogens (tertiary/aromatic N) is 2. The molecule has 0 amide bonds. The van der Waals surface area contributed by atoms with Gasteiger partial charge in [0.1, 0.15) is 0 Å². The van der Waals surface area contributed by atoms with E-state index in [0.717, 1.165) is 15.7 Å². The van der Waals surface area contributed by atoms with E-state index in [1.807, 2.05) is 0 Å². The summed E-state index contributed by atoms with van der Waals surface area (Å²) in [5, 5.41) is 10.5. The van der Waals surface area contributed by atoms with E-state index < -0.39 is 0 Å². The van der Waals surface area contributed by atoms with Gasteiger partial charge in [-0.2, -0.15) is 0 Å². The van der Waals surface area contributed by atoms with Crippen molar-refractivity contribution >= 4 is 16.5 Å². The van der Waals surface area contributed by atoms with Crippen LogP contribution in [0.2, 0.25) is 0 Å². The normalized spacial score (nSPS) is 17.2. The molecule has 0 radical (unpaired) electrons. The zero-order valence-corrected chi connectivity index (χ0v) is 12.6. The second-order valence-corrected chi connectivity index (χ2v) is 6.89. The first-order valence-corrected chi connectivity index (χ1v) is 7.67. The van der Waals surface area contributed by atoms with Crippen molar-refractivity contribution in [3.8, 4) is 0 Å². The Hall–Kier alpha value is -0.610. The van der Waals surface area contributed by atoms with Crippen LogP contribution in [0, 0.1) is 5.92 Å². The summed E-state index contributed by atoms with van der Waals surface area (Å²) in [5.74, 6) is 1.31. The Morgan fingerprint density at radius 1 is 1.39 bits per heavy atom. The van der Waals surface area contributed by atoms with Crippen molar-refractivity contribution in [2.75, 3.05) is 11.9 Å². The molecule has 0 bridgehead atoms. The summed E-state index contributed by atoms with van der Waals surface area (Å²) in [4.78, 5) is 8.08. The number of anilines is 1. The minimum Gasteiger partial charge on any atom is -0.391 e. The van der Waals surface area contributed by atoms with Crippen LogP contribution in [0.1, 0.15) is 56.5 Å². The maximum Gasteiger partial charge on any atom is 0.185 e. The van der Waals surface area contributed by atoms with Crippen LogP contribution < -0.4 is 4.90 Å². The quantitative estimate of drug-likeness (QED) is 0.859. The number of aliphatic hydroxyl groups is 1. The molecule has 1 aromatic rings. The molecule has 1 aliphatic carbocycles. The Morgan fingerprint density at radius 3 is 2.56 bits per heavy atom. The highest BCUT2D eigenvalue weighted by Gasteiger charge is 2.30. The highest BCUT2D eigenvalue weighted by atomic mass is 32.1. The molecular formula is C14H24N2OS. The van der Waals surface area contributed by atoms with Crippen molar-refractivity contribution < 1.29 is 5.11 Å². The second-order valence-electron chi connectivity index (χ2n) is 5.83. The maximum atomic E-state index is 9.43. The zero-order valence-electron chi connectivity index (χ0n) is 11.8. The minimum absolute atomic E-state index is 0.135. The van der Waals surface area contributed by atoms with Gasteiger partial charge < -0.3 is 10.0 Å². The van der Waals surface area contributed by atoms with Crippen molar-refractivity contribution in [1.82, 2.24) is 4.98 Å². The van der Waals surface area contributed by atoms with Crippen LogP contribution in [0.4, 0.5) is 5.13 Å². The van der Waals surface area contributed by atoms with E-state index in [-0.39, 0.29) is 6.61 Å². The highest BCUT2D eigenvalue weighted by Crippen LogP contribution is 2.44. The Labute approximate surface area is 114 Å². The molecule has 4 heteroatoms. The first-order valence-electron chi connectivity index (χ1n) is 6.86. The van der Waals surface area contributed by atoms with E-state index >= 15 is 0 Å². The van der Waals surface area contributed by atoms with Gasteiger partial charge in [-0.15, -0.1) is 0 Å². The molecule has 18 heavy (non-hydrogen) atoms. The van der Waals surface area contributed by atoms with E-state index in [9.17, 15) is 5.11 Å². The number of aromatic nitrogens is 1. The molecule has 0 aromatic carbocycles. The topological polar surface area (TPSA) is 36.4 Å². The van der Waals surface area contributed by atoms with Crippen LogP contribution in [0.5, 0.6) is 0 Å². The molecule has 1 atom stereocenters. The molecule has 0 saturated heterocycles. The molecule has 1 unspecified atom stereocenters. The molecule has 1 heterocycles. The third-order valence-electron chi connectivity index (χ3n) is 3.60. The summed E-state index contributed by atoms with van der Waals surface area (Å²) in [6.07, 6.45) is 3.65. The lowest BCUT2D eigenvalue weighted by Gasteiger charge is -2.25. The SMILES string of the molecule is CC(C)CC(C)N(C)c1nc(C2CC2)c(CO)s1. The Balaban J connectivity index is 2.12. The summed E-state index contributed by atoms with van der Waals surface area (Å²) in [7, 11) is 2.11. The van der Waals surface area contributed by atoms with Crippen LogP contribution in [-0.4, -0.2) is 23.2 Å². The van der Waals surface area contributed by atoms with Gasteiger partial charge in [-0.1, -0.05) is 25.2 Å². The van der Waals surface area contributed by atoms with Crippen molar-refractivity contribution in [3.05, 3.63) is 10.6 Å². The Bertz CT molecular complexity index is 398. The first kappa shape index (κ1) is 13.8. The summed E-state index contributed by atoms with van der Waals surface area (Å²) in [6, 6.07) is 0.495. The molecule has 1 saturated carbocycles. The van der Waals surface area contributed by atoms with Crippen molar-refractivity contribution in [2.45, 2.75) is 58.6 Å². The number of aliphatic hydroxyl groups excluding tert-OH is 1. The van der Waals surface area contributed by atoms with Gasteiger partial charge >= 0.3 is 0 Å². The highest BCUT2D eigenvalue weighted by molar-refractivity contribution is 7.15. The first-order chi connectivity index (χ1) is 8.52. The molecule has 3 nitrogen and oxygen atoms in total. The molecule has 0 spiro atoms. The molecule has 1 N–H and O–H groups in total. The lowest BCUT2D eigenvalue weighted by atomic mass is 10.0. The maximum absolute atomic E-state index is 9.43. The summed E-state index contributed by atoms with van der Waals surface area (Å²) >= 11 is 1.66. The Morgan fingerprint density at radius 2 is 2.06 bits per heavy atom. The standard InChI is InChI=1S/C14H24N2OS/c1-9(2)7-10(3)16(4)14-15-13(11-5-6-11)12(8-17)18-14/h9-11,17H,5-8H2,1-4H3. The van der Waals surface area contributed by atoms with Crippen LogP contribution in [0.3, 0.4) is 0 Å². The number of thiazole rings is 1. The largest absolute Gasteiger partial charge is 0.391 e. The molecule has 102 valence electrons. The van der Waals surface area contributed by atoms with Gasteiger partial charge in [-0.05, 0) is 32.1 Å². The average Bonchev–Trinajstić information content (AvgIpc) is 3.07. The lowest BCUT2D eigenvalue weighted by Crippen LogP contribution is -2.29. The third-order valence-corrected chi connectivity index (χ3v) is 4.75. The van der Waals surface area contributed by atoms with E-state index in [1.54, 1.807) is 11.3 Å². The Kier molecular flexibility index (Phi) is 4.28. The van der Waals surface area contributed by atoms with Crippen molar-refractivity contribution in [1.29, 1.82) is 0 Å². The monoisotopic (exact) mass is 268 g/mol. The van der Waals surface area contributed by atoms with Gasteiger partial charge in [0.05, 0.1) is 17.2 Å².